The van der Waals surface area contributed by atoms with Crippen LogP contribution in [-0.2, 0) is 0 Å². The SMILES string of the molecule is C1CCC(SN2CCC2)CC1. The molecule has 2 rings (SSSR count). The summed E-state index contributed by atoms with van der Waals surface area (Å²) >= 11 is 2.14. The Labute approximate surface area is 73.7 Å². The fraction of sp³-hybridized carbons (Fsp3) is 1.00. The highest BCUT2D eigenvalue weighted by Gasteiger charge is 2.21. The minimum Gasteiger partial charge on any atom is -0.250 e. The van der Waals surface area contributed by atoms with Gasteiger partial charge in [-0.15, -0.1) is 0 Å². The van der Waals surface area contributed by atoms with Gasteiger partial charge in [-0.25, -0.2) is 0 Å². The Morgan fingerprint density at radius 3 is 2.18 bits per heavy atom. The Morgan fingerprint density at radius 1 is 0.909 bits per heavy atom. The van der Waals surface area contributed by atoms with Crippen molar-refractivity contribution >= 4 is 11.9 Å². The largest absolute Gasteiger partial charge is 0.250 e. The lowest BCUT2D eigenvalue weighted by atomic mass is 10.0. The van der Waals surface area contributed by atoms with E-state index in [4.69, 9.17) is 0 Å². The van der Waals surface area contributed by atoms with Crippen LogP contribution in [0.4, 0.5) is 0 Å². The van der Waals surface area contributed by atoms with Gasteiger partial charge in [-0.3, -0.25) is 4.31 Å². The van der Waals surface area contributed by atoms with E-state index in [0.717, 1.165) is 5.25 Å². The number of hydrogen-bond donors (Lipinski definition) is 0. The average molecular weight is 171 g/mol. The van der Waals surface area contributed by atoms with Crippen molar-refractivity contribution in [2.45, 2.75) is 43.8 Å². The highest BCUT2D eigenvalue weighted by Crippen LogP contribution is 2.32. The molecule has 0 aromatic carbocycles. The lowest BCUT2D eigenvalue weighted by molar-refractivity contribution is 0.338. The Balaban J connectivity index is 1.67. The Morgan fingerprint density at radius 2 is 1.64 bits per heavy atom. The maximum absolute atomic E-state index is 2.54. The molecule has 0 radical (unpaired) electrons. The molecule has 0 bridgehead atoms. The van der Waals surface area contributed by atoms with Gasteiger partial charge in [0.2, 0.25) is 0 Å². The summed E-state index contributed by atoms with van der Waals surface area (Å²) in [7, 11) is 0. The zero-order chi connectivity index (χ0) is 7.52. The standard InChI is InChI=1S/C9H17NS/c1-2-5-9(6-3-1)11-10-7-4-8-10/h9H,1-8H2. The minimum atomic E-state index is 0.976. The van der Waals surface area contributed by atoms with Crippen molar-refractivity contribution < 1.29 is 0 Å². The number of hydrogen-bond acceptors (Lipinski definition) is 2. The van der Waals surface area contributed by atoms with Crippen LogP contribution in [0.2, 0.25) is 0 Å². The van der Waals surface area contributed by atoms with Crippen LogP contribution in [-0.4, -0.2) is 22.6 Å². The molecule has 0 spiro atoms. The summed E-state index contributed by atoms with van der Waals surface area (Å²) in [5.74, 6) is 0. The first-order valence-electron chi connectivity index (χ1n) is 4.87. The van der Waals surface area contributed by atoms with E-state index in [-0.39, 0.29) is 0 Å². The third-order valence-electron chi connectivity index (χ3n) is 2.67. The van der Waals surface area contributed by atoms with E-state index in [1.54, 1.807) is 0 Å². The highest BCUT2D eigenvalue weighted by atomic mass is 32.2. The van der Waals surface area contributed by atoms with Crippen molar-refractivity contribution in [2.75, 3.05) is 13.1 Å². The fourth-order valence-corrected chi connectivity index (χ4v) is 3.21. The summed E-state index contributed by atoms with van der Waals surface area (Å²) in [6.07, 6.45) is 8.82. The molecule has 0 N–H and O–H groups in total. The molecule has 2 heteroatoms. The van der Waals surface area contributed by atoms with Crippen LogP contribution in [0.3, 0.4) is 0 Å². The summed E-state index contributed by atoms with van der Waals surface area (Å²) in [6.45, 7) is 2.70. The molecule has 64 valence electrons. The Bertz CT molecular complexity index is 117. The molecule has 0 aromatic heterocycles. The molecule has 1 saturated carbocycles. The van der Waals surface area contributed by atoms with E-state index < -0.39 is 0 Å². The monoisotopic (exact) mass is 171 g/mol. The topological polar surface area (TPSA) is 3.24 Å². The van der Waals surface area contributed by atoms with Gasteiger partial charge in [0.25, 0.3) is 0 Å². The zero-order valence-corrected chi connectivity index (χ0v) is 7.91. The van der Waals surface area contributed by atoms with Gasteiger partial charge >= 0.3 is 0 Å². The molecular formula is C9H17NS. The second kappa shape index (κ2) is 3.81. The first-order valence-corrected chi connectivity index (χ1v) is 5.70. The predicted molar refractivity (Wildman–Crippen MR) is 50.7 cm³/mol. The fourth-order valence-electron chi connectivity index (χ4n) is 1.77. The molecule has 1 heterocycles. The van der Waals surface area contributed by atoms with Crippen LogP contribution in [0.5, 0.6) is 0 Å². The highest BCUT2D eigenvalue weighted by molar-refractivity contribution is 7.97. The van der Waals surface area contributed by atoms with Crippen molar-refractivity contribution in [2.24, 2.45) is 0 Å². The van der Waals surface area contributed by atoms with Gasteiger partial charge in [-0.1, -0.05) is 31.2 Å². The molecule has 0 atom stereocenters. The Kier molecular flexibility index (Phi) is 2.75. The minimum absolute atomic E-state index is 0.976. The third kappa shape index (κ3) is 2.12. The van der Waals surface area contributed by atoms with Gasteiger partial charge in [0, 0.05) is 18.3 Å². The van der Waals surface area contributed by atoms with Gasteiger partial charge in [-0.2, -0.15) is 0 Å². The number of rotatable bonds is 2. The zero-order valence-electron chi connectivity index (χ0n) is 7.09. The summed E-state index contributed by atoms with van der Waals surface area (Å²) in [6, 6.07) is 0. The van der Waals surface area contributed by atoms with Gasteiger partial charge < -0.3 is 0 Å². The van der Waals surface area contributed by atoms with Crippen molar-refractivity contribution in [3.63, 3.8) is 0 Å². The van der Waals surface area contributed by atoms with Crippen LogP contribution in [0, 0.1) is 0 Å². The normalized spacial score (nSPS) is 28.4. The van der Waals surface area contributed by atoms with E-state index in [1.807, 2.05) is 0 Å². The summed E-state index contributed by atoms with van der Waals surface area (Å²) in [4.78, 5) is 0. The first kappa shape index (κ1) is 7.93. The number of nitrogens with zero attached hydrogens (tertiary/aromatic N) is 1. The van der Waals surface area contributed by atoms with Crippen molar-refractivity contribution in [3.05, 3.63) is 0 Å². The average Bonchev–Trinajstić information content (AvgIpc) is 1.99. The molecule has 11 heavy (non-hydrogen) atoms. The lowest BCUT2D eigenvalue weighted by Crippen LogP contribution is -2.33. The van der Waals surface area contributed by atoms with Gasteiger partial charge in [0.05, 0.1) is 0 Å². The van der Waals surface area contributed by atoms with Crippen molar-refractivity contribution in [3.8, 4) is 0 Å². The summed E-state index contributed by atoms with van der Waals surface area (Å²) in [5.41, 5.74) is 0. The van der Waals surface area contributed by atoms with Crippen molar-refractivity contribution in [1.82, 2.24) is 4.31 Å². The van der Waals surface area contributed by atoms with E-state index >= 15 is 0 Å². The quantitative estimate of drug-likeness (QED) is 0.588. The second-order valence-corrected chi connectivity index (χ2v) is 5.04. The molecule has 1 saturated heterocycles. The van der Waals surface area contributed by atoms with Gasteiger partial charge in [-0.05, 0) is 19.3 Å². The molecule has 0 aromatic rings. The van der Waals surface area contributed by atoms with E-state index in [9.17, 15) is 0 Å². The molecular weight excluding hydrogens is 154 g/mol. The van der Waals surface area contributed by atoms with E-state index in [1.165, 1.54) is 51.6 Å². The predicted octanol–water partition coefficient (Wildman–Crippen LogP) is 2.67. The van der Waals surface area contributed by atoms with Crippen molar-refractivity contribution in [1.29, 1.82) is 0 Å². The van der Waals surface area contributed by atoms with Crippen LogP contribution in [0.25, 0.3) is 0 Å². The molecule has 2 aliphatic rings. The van der Waals surface area contributed by atoms with Gasteiger partial charge in [0.15, 0.2) is 0 Å². The van der Waals surface area contributed by atoms with Crippen LogP contribution >= 0.6 is 11.9 Å². The van der Waals surface area contributed by atoms with Gasteiger partial charge in [0.1, 0.15) is 0 Å². The first-order chi connectivity index (χ1) is 5.45. The third-order valence-corrected chi connectivity index (χ3v) is 4.10. The lowest BCUT2D eigenvalue weighted by Gasteiger charge is -2.34. The Hall–Kier alpha value is 0.310. The molecule has 2 fully saturated rings. The molecule has 0 amide bonds. The molecule has 1 nitrogen and oxygen atoms in total. The summed E-state index contributed by atoms with van der Waals surface area (Å²) < 4.78 is 2.54. The van der Waals surface area contributed by atoms with Crippen LogP contribution in [0.15, 0.2) is 0 Å². The maximum Gasteiger partial charge on any atom is 0.0195 e. The summed E-state index contributed by atoms with van der Waals surface area (Å²) in [5, 5.41) is 0.976. The molecule has 1 aliphatic heterocycles. The molecule has 0 unspecified atom stereocenters. The second-order valence-electron chi connectivity index (χ2n) is 3.65. The van der Waals surface area contributed by atoms with E-state index in [2.05, 4.69) is 16.3 Å². The van der Waals surface area contributed by atoms with Crippen LogP contribution < -0.4 is 0 Å². The van der Waals surface area contributed by atoms with E-state index in [0.29, 0.717) is 0 Å². The molecule has 1 aliphatic carbocycles. The smallest absolute Gasteiger partial charge is 0.0195 e. The maximum atomic E-state index is 2.54. The van der Waals surface area contributed by atoms with Crippen LogP contribution in [0.1, 0.15) is 38.5 Å².